The maximum absolute atomic E-state index is 13.7. The third-order valence-corrected chi connectivity index (χ3v) is 2.90. The molecular formula is C14H11F3O. The lowest BCUT2D eigenvalue weighted by Crippen LogP contribution is -2.25. The van der Waals surface area contributed by atoms with Crippen molar-refractivity contribution in [3.8, 4) is 0 Å². The van der Waals surface area contributed by atoms with E-state index in [0.29, 0.717) is 5.56 Å². The zero-order valence-electron chi connectivity index (χ0n) is 9.62. The van der Waals surface area contributed by atoms with Crippen molar-refractivity contribution < 1.29 is 18.3 Å². The van der Waals surface area contributed by atoms with E-state index in [1.54, 1.807) is 30.3 Å². The fourth-order valence-corrected chi connectivity index (χ4v) is 1.82. The van der Waals surface area contributed by atoms with Crippen LogP contribution in [0.1, 0.15) is 18.1 Å². The lowest BCUT2D eigenvalue weighted by atomic mass is 9.88. The van der Waals surface area contributed by atoms with Gasteiger partial charge in [0, 0.05) is 5.56 Å². The minimum atomic E-state index is -1.72. The van der Waals surface area contributed by atoms with Crippen molar-refractivity contribution in [1.29, 1.82) is 0 Å². The van der Waals surface area contributed by atoms with Crippen molar-refractivity contribution in [1.82, 2.24) is 0 Å². The van der Waals surface area contributed by atoms with E-state index in [1.807, 2.05) is 0 Å². The van der Waals surface area contributed by atoms with Gasteiger partial charge in [-0.15, -0.1) is 0 Å². The van der Waals surface area contributed by atoms with Crippen molar-refractivity contribution in [2.45, 2.75) is 12.5 Å². The van der Waals surface area contributed by atoms with E-state index in [9.17, 15) is 18.3 Å². The molecule has 4 heteroatoms. The van der Waals surface area contributed by atoms with Crippen LogP contribution in [-0.2, 0) is 5.60 Å². The molecule has 0 aromatic heterocycles. The Hall–Kier alpha value is -1.81. The molecule has 0 radical (unpaired) electrons. The Kier molecular flexibility index (Phi) is 3.13. The molecule has 0 aliphatic carbocycles. The first kappa shape index (κ1) is 12.6. The van der Waals surface area contributed by atoms with Crippen molar-refractivity contribution >= 4 is 0 Å². The van der Waals surface area contributed by atoms with Gasteiger partial charge < -0.3 is 5.11 Å². The van der Waals surface area contributed by atoms with Gasteiger partial charge in [0.2, 0.25) is 0 Å². The quantitative estimate of drug-likeness (QED) is 0.812. The molecule has 1 nitrogen and oxygen atoms in total. The third-order valence-electron chi connectivity index (χ3n) is 2.90. The summed E-state index contributed by atoms with van der Waals surface area (Å²) < 4.78 is 39.7. The molecule has 1 N–H and O–H groups in total. The van der Waals surface area contributed by atoms with Crippen LogP contribution in [0.15, 0.2) is 42.5 Å². The van der Waals surface area contributed by atoms with Crippen LogP contribution in [0.5, 0.6) is 0 Å². The molecule has 2 rings (SSSR count). The predicted molar refractivity (Wildman–Crippen MR) is 61.4 cm³/mol. The fraction of sp³-hybridized carbons (Fsp3) is 0.143. The van der Waals surface area contributed by atoms with E-state index in [4.69, 9.17) is 0 Å². The molecular weight excluding hydrogens is 241 g/mol. The van der Waals surface area contributed by atoms with Crippen molar-refractivity contribution in [3.63, 3.8) is 0 Å². The highest BCUT2D eigenvalue weighted by Gasteiger charge is 2.30. The van der Waals surface area contributed by atoms with Gasteiger partial charge in [-0.2, -0.15) is 0 Å². The Bertz CT molecular complexity index is 565. The van der Waals surface area contributed by atoms with Gasteiger partial charge >= 0.3 is 0 Å². The smallest absolute Gasteiger partial charge is 0.194 e. The maximum Gasteiger partial charge on any atom is 0.194 e. The third kappa shape index (κ3) is 1.99. The second kappa shape index (κ2) is 4.46. The lowest BCUT2D eigenvalue weighted by Gasteiger charge is -2.25. The summed E-state index contributed by atoms with van der Waals surface area (Å²) in [5.74, 6) is -4.23. The summed E-state index contributed by atoms with van der Waals surface area (Å²) in [5, 5.41) is 10.3. The summed E-state index contributed by atoms with van der Waals surface area (Å²) in [6, 6.07) is 10.1. The molecule has 0 heterocycles. The van der Waals surface area contributed by atoms with Crippen LogP contribution in [0.2, 0.25) is 0 Å². The molecule has 2 aromatic rings. The van der Waals surface area contributed by atoms with Crippen LogP contribution in [-0.4, -0.2) is 5.11 Å². The molecule has 0 aliphatic rings. The van der Waals surface area contributed by atoms with Crippen LogP contribution in [0.3, 0.4) is 0 Å². The van der Waals surface area contributed by atoms with E-state index in [1.165, 1.54) is 6.92 Å². The van der Waals surface area contributed by atoms with E-state index in [0.717, 1.165) is 12.1 Å². The fourth-order valence-electron chi connectivity index (χ4n) is 1.82. The Morgan fingerprint density at radius 3 is 2.11 bits per heavy atom. The zero-order chi connectivity index (χ0) is 13.3. The minimum Gasteiger partial charge on any atom is -0.381 e. The summed E-state index contributed by atoms with van der Waals surface area (Å²) in [7, 11) is 0. The summed E-state index contributed by atoms with van der Waals surface area (Å²) in [6.07, 6.45) is 0. The highest BCUT2D eigenvalue weighted by Crippen LogP contribution is 2.32. The van der Waals surface area contributed by atoms with Crippen molar-refractivity contribution in [2.75, 3.05) is 0 Å². The molecule has 1 unspecified atom stereocenters. The molecule has 0 saturated heterocycles. The molecule has 18 heavy (non-hydrogen) atoms. The molecule has 0 spiro atoms. The highest BCUT2D eigenvalue weighted by atomic mass is 19.2. The van der Waals surface area contributed by atoms with Gasteiger partial charge in [-0.05, 0) is 24.6 Å². The number of benzene rings is 2. The monoisotopic (exact) mass is 252 g/mol. The maximum atomic E-state index is 13.7. The van der Waals surface area contributed by atoms with Gasteiger partial charge in [0.25, 0.3) is 0 Å². The Balaban J connectivity index is 2.58. The predicted octanol–water partition coefficient (Wildman–Crippen LogP) is 3.36. The van der Waals surface area contributed by atoms with Crippen LogP contribution < -0.4 is 0 Å². The van der Waals surface area contributed by atoms with Crippen molar-refractivity contribution in [3.05, 3.63) is 71.0 Å². The Labute approximate surface area is 103 Å². The number of rotatable bonds is 2. The molecule has 0 bridgehead atoms. The van der Waals surface area contributed by atoms with Gasteiger partial charge in [-0.25, -0.2) is 13.2 Å². The molecule has 0 amide bonds. The van der Waals surface area contributed by atoms with Crippen molar-refractivity contribution in [2.24, 2.45) is 0 Å². The van der Waals surface area contributed by atoms with Gasteiger partial charge in [0.05, 0.1) is 0 Å². The number of aliphatic hydroxyl groups is 1. The van der Waals surface area contributed by atoms with Gasteiger partial charge in [0.15, 0.2) is 17.5 Å². The van der Waals surface area contributed by atoms with Gasteiger partial charge in [0.1, 0.15) is 5.60 Å². The summed E-state index contributed by atoms with van der Waals surface area (Å²) in [5.41, 5.74) is -1.62. The molecule has 1 atom stereocenters. The van der Waals surface area contributed by atoms with Crippen LogP contribution >= 0.6 is 0 Å². The lowest BCUT2D eigenvalue weighted by molar-refractivity contribution is 0.0967. The first-order valence-corrected chi connectivity index (χ1v) is 5.36. The standard InChI is InChI=1S/C14H11F3O/c1-14(18,9-5-3-2-4-6-9)10-7-8-11(15)13(17)12(10)16/h2-8,18H,1H3. The minimum absolute atomic E-state index is 0.299. The molecule has 94 valence electrons. The summed E-state index contributed by atoms with van der Waals surface area (Å²) in [6.45, 7) is 1.33. The van der Waals surface area contributed by atoms with Crippen LogP contribution in [0.4, 0.5) is 13.2 Å². The van der Waals surface area contributed by atoms with E-state index in [2.05, 4.69) is 0 Å². The largest absolute Gasteiger partial charge is 0.381 e. The summed E-state index contributed by atoms with van der Waals surface area (Å²) in [4.78, 5) is 0. The SMILES string of the molecule is CC(O)(c1ccccc1)c1ccc(F)c(F)c1F. The highest BCUT2D eigenvalue weighted by molar-refractivity contribution is 5.36. The number of hydrogen-bond acceptors (Lipinski definition) is 1. The average molecular weight is 252 g/mol. The van der Waals surface area contributed by atoms with E-state index >= 15 is 0 Å². The molecule has 0 fully saturated rings. The number of hydrogen-bond donors (Lipinski definition) is 1. The Morgan fingerprint density at radius 2 is 1.50 bits per heavy atom. The van der Waals surface area contributed by atoms with Crippen LogP contribution in [0, 0.1) is 17.5 Å². The van der Waals surface area contributed by atoms with E-state index < -0.39 is 23.1 Å². The number of halogens is 3. The topological polar surface area (TPSA) is 20.2 Å². The average Bonchev–Trinajstić information content (AvgIpc) is 2.37. The zero-order valence-corrected chi connectivity index (χ0v) is 9.62. The normalized spacial score (nSPS) is 14.3. The van der Waals surface area contributed by atoms with Crippen LogP contribution in [0.25, 0.3) is 0 Å². The van der Waals surface area contributed by atoms with E-state index in [-0.39, 0.29) is 5.56 Å². The first-order chi connectivity index (χ1) is 8.44. The molecule has 0 aliphatic heterocycles. The summed E-state index contributed by atoms with van der Waals surface area (Å²) >= 11 is 0. The first-order valence-electron chi connectivity index (χ1n) is 5.36. The second-order valence-electron chi connectivity index (χ2n) is 4.16. The Morgan fingerprint density at radius 1 is 0.889 bits per heavy atom. The van der Waals surface area contributed by atoms with Gasteiger partial charge in [-0.3, -0.25) is 0 Å². The second-order valence-corrected chi connectivity index (χ2v) is 4.16. The molecule has 0 saturated carbocycles. The molecule has 2 aromatic carbocycles. The van der Waals surface area contributed by atoms with Gasteiger partial charge in [-0.1, -0.05) is 30.3 Å².